The van der Waals surface area contributed by atoms with Crippen LogP contribution in [0.15, 0.2) is 29.2 Å². The van der Waals surface area contributed by atoms with Crippen LogP contribution in [0.3, 0.4) is 0 Å². The molecule has 1 rings (SSSR count). The molecule has 0 fully saturated rings. The zero-order valence-corrected chi connectivity index (χ0v) is 10.8. The van der Waals surface area contributed by atoms with Crippen LogP contribution in [0.2, 0.25) is 0 Å². The van der Waals surface area contributed by atoms with Crippen molar-refractivity contribution >= 4 is 0 Å². The molecule has 0 saturated heterocycles. The van der Waals surface area contributed by atoms with Crippen LogP contribution in [0.1, 0.15) is 13.8 Å². The van der Waals surface area contributed by atoms with Crippen LogP contribution in [0.25, 0.3) is 0 Å². The second-order valence-electron chi connectivity index (χ2n) is 4.49. The first kappa shape index (κ1) is 13.9. The van der Waals surface area contributed by atoms with Crippen molar-refractivity contribution in [3.63, 3.8) is 0 Å². The average molecular weight is 238 g/mol. The molecule has 17 heavy (non-hydrogen) atoms. The zero-order valence-electron chi connectivity index (χ0n) is 10.8. The molecule has 1 aromatic heterocycles. The van der Waals surface area contributed by atoms with Gasteiger partial charge in [0.05, 0.1) is 6.61 Å². The molecule has 0 bridgehead atoms. The monoisotopic (exact) mass is 238 g/mol. The number of hydrogen-bond donors (Lipinski definition) is 1. The quantitative estimate of drug-likeness (QED) is 0.774. The number of methoxy groups -OCH3 is 1. The van der Waals surface area contributed by atoms with E-state index in [1.54, 1.807) is 23.8 Å². The summed E-state index contributed by atoms with van der Waals surface area (Å²) in [5.41, 5.74) is 0.0436. The number of hydrogen-bond acceptors (Lipinski definition) is 3. The lowest BCUT2D eigenvalue weighted by atomic mass is 10.1. The van der Waals surface area contributed by atoms with Crippen LogP contribution >= 0.6 is 0 Å². The number of pyridine rings is 1. The summed E-state index contributed by atoms with van der Waals surface area (Å²) in [4.78, 5) is 11.5. The van der Waals surface area contributed by atoms with Gasteiger partial charge >= 0.3 is 0 Å². The minimum absolute atomic E-state index is 0.0436. The highest BCUT2D eigenvalue weighted by molar-refractivity contribution is 4.93. The Morgan fingerprint density at radius 2 is 2.18 bits per heavy atom. The van der Waals surface area contributed by atoms with Gasteiger partial charge in [-0.1, -0.05) is 19.9 Å². The van der Waals surface area contributed by atoms with Gasteiger partial charge in [0.2, 0.25) is 0 Å². The summed E-state index contributed by atoms with van der Waals surface area (Å²) in [5.74, 6) is 0.516. The van der Waals surface area contributed by atoms with Crippen molar-refractivity contribution in [2.45, 2.75) is 26.4 Å². The molecule has 4 heteroatoms. The number of nitrogens with zero attached hydrogens (tertiary/aromatic N) is 1. The predicted octanol–water partition coefficient (Wildman–Crippen LogP) is 1.11. The SMILES string of the molecule is COCC(NCCn1ccccc1=O)C(C)C. The fourth-order valence-corrected chi connectivity index (χ4v) is 1.68. The van der Waals surface area contributed by atoms with E-state index in [4.69, 9.17) is 4.74 Å². The van der Waals surface area contributed by atoms with Crippen LogP contribution in [0, 0.1) is 5.92 Å². The Hall–Kier alpha value is -1.13. The Labute approximate surface area is 103 Å². The highest BCUT2D eigenvalue weighted by atomic mass is 16.5. The molecule has 1 heterocycles. The smallest absolute Gasteiger partial charge is 0.250 e. The summed E-state index contributed by atoms with van der Waals surface area (Å²) in [5, 5.41) is 3.41. The lowest BCUT2D eigenvalue weighted by Crippen LogP contribution is -2.40. The zero-order chi connectivity index (χ0) is 12.7. The summed E-state index contributed by atoms with van der Waals surface area (Å²) in [6.45, 7) is 6.47. The Kier molecular flexibility index (Phi) is 5.94. The molecule has 0 aliphatic carbocycles. The van der Waals surface area contributed by atoms with E-state index in [0.717, 1.165) is 6.54 Å². The van der Waals surface area contributed by atoms with E-state index >= 15 is 0 Å². The van der Waals surface area contributed by atoms with Gasteiger partial charge in [-0.05, 0) is 12.0 Å². The highest BCUT2D eigenvalue weighted by Gasteiger charge is 2.11. The third kappa shape index (κ3) is 4.71. The molecule has 1 atom stereocenters. The van der Waals surface area contributed by atoms with Crippen molar-refractivity contribution in [1.29, 1.82) is 0 Å². The third-order valence-electron chi connectivity index (χ3n) is 2.81. The first-order chi connectivity index (χ1) is 8.15. The molecular formula is C13H22N2O2. The summed E-state index contributed by atoms with van der Waals surface area (Å²) < 4.78 is 6.87. The highest BCUT2D eigenvalue weighted by Crippen LogP contribution is 2.01. The summed E-state index contributed by atoms with van der Waals surface area (Å²) >= 11 is 0. The fraction of sp³-hybridized carbons (Fsp3) is 0.615. The molecule has 0 radical (unpaired) electrons. The van der Waals surface area contributed by atoms with E-state index in [9.17, 15) is 4.79 Å². The largest absolute Gasteiger partial charge is 0.383 e. The maximum atomic E-state index is 11.5. The minimum Gasteiger partial charge on any atom is -0.383 e. The molecule has 0 saturated carbocycles. The Balaban J connectivity index is 2.41. The van der Waals surface area contributed by atoms with Crippen molar-refractivity contribution in [2.24, 2.45) is 5.92 Å². The lowest BCUT2D eigenvalue weighted by Gasteiger charge is -2.21. The molecule has 0 aliphatic rings. The molecule has 1 N–H and O–H groups in total. The average Bonchev–Trinajstić information content (AvgIpc) is 2.30. The molecule has 96 valence electrons. The number of rotatable bonds is 7. The van der Waals surface area contributed by atoms with Gasteiger partial charge in [-0.25, -0.2) is 0 Å². The van der Waals surface area contributed by atoms with Crippen molar-refractivity contribution in [3.05, 3.63) is 34.7 Å². The molecule has 1 aromatic rings. The van der Waals surface area contributed by atoms with E-state index in [0.29, 0.717) is 25.1 Å². The topological polar surface area (TPSA) is 43.3 Å². The van der Waals surface area contributed by atoms with Crippen LogP contribution in [0.4, 0.5) is 0 Å². The summed E-state index contributed by atoms with van der Waals surface area (Å²) in [7, 11) is 1.71. The van der Waals surface area contributed by atoms with Gasteiger partial charge in [-0.2, -0.15) is 0 Å². The molecule has 0 aliphatic heterocycles. The number of nitrogens with one attached hydrogen (secondary N) is 1. The molecule has 0 spiro atoms. The van der Waals surface area contributed by atoms with Gasteiger partial charge < -0.3 is 14.6 Å². The Morgan fingerprint density at radius 1 is 1.41 bits per heavy atom. The van der Waals surface area contributed by atoms with Crippen LogP contribution in [-0.4, -0.2) is 30.9 Å². The second-order valence-corrected chi connectivity index (χ2v) is 4.49. The second kappa shape index (κ2) is 7.25. The standard InChI is InChI=1S/C13H22N2O2/c1-11(2)12(10-17-3)14-7-9-15-8-5-4-6-13(15)16/h4-6,8,11-12,14H,7,9-10H2,1-3H3. The first-order valence-corrected chi connectivity index (χ1v) is 6.03. The number of aromatic nitrogens is 1. The van der Waals surface area contributed by atoms with E-state index < -0.39 is 0 Å². The fourth-order valence-electron chi connectivity index (χ4n) is 1.68. The third-order valence-corrected chi connectivity index (χ3v) is 2.81. The van der Waals surface area contributed by atoms with Crippen LogP contribution in [0.5, 0.6) is 0 Å². The van der Waals surface area contributed by atoms with Crippen molar-refractivity contribution in [3.8, 4) is 0 Å². The molecular weight excluding hydrogens is 216 g/mol. The van der Waals surface area contributed by atoms with E-state index in [1.807, 2.05) is 12.3 Å². The summed E-state index contributed by atoms with van der Waals surface area (Å²) in [6.07, 6.45) is 1.81. The van der Waals surface area contributed by atoms with Gasteiger partial charge in [-0.3, -0.25) is 4.79 Å². The first-order valence-electron chi connectivity index (χ1n) is 6.03. The molecule has 0 amide bonds. The summed E-state index contributed by atoms with van der Waals surface area (Å²) in [6, 6.07) is 5.54. The van der Waals surface area contributed by atoms with Crippen LogP contribution < -0.4 is 10.9 Å². The number of ether oxygens (including phenoxy) is 1. The minimum atomic E-state index is 0.0436. The Morgan fingerprint density at radius 3 is 2.76 bits per heavy atom. The van der Waals surface area contributed by atoms with Gasteiger partial charge in [-0.15, -0.1) is 0 Å². The predicted molar refractivity (Wildman–Crippen MR) is 69.2 cm³/mol. The molecule has 4 nitrogen and oxygen atoms in total. The lowest BCUT2D eigenvalue weighted by molar-refractivity contribution is 0.146. The molecule has 1 unspecified atom stereocenters. The van der Waals surface area contributed by atoms with Crippen molar-refractivity contribution in [2.75, 3.05) is 20.3 Å². The van der Waals surface area contributed by atoms with Crippen molar-refractivity contribution < 1.29 is 4.74 Å². The normalized spacial score (nSPS) is 12.9. The maximum Gasteiger partial charge on any atom is 0.250 e. The Bertz CT molecular complexity index is 374. The van der Waals surface area contributed by atoms with E-state index in [2.05, 4.69) is 19.2 Å². The maximum absolute atomic E-state index is 11.5. The van der Waals surface area contributed by atoms with Gasteiger partial charge in [0, 0.05) is 38.5 Å². The van der Waals surface area contributed by atoms with E-state index in [1.165, 1.54) is 0 Å². The van der Waals surface area contributed by atoms with Crippen molar-refractivity contribution in [1.82, 2.24) is 9.88 Å². The van der Waals surface area contributed by atoms with Gasteiger partial charge in [0.1, 0.15) is 0 Å². The van der Waals surface area contributed by atoms with Crippen LogP contribution in [-0.2, 0) is 11.3 Å². The van der Waals surface area contributed by atoms with E-state index in [-0.39, 0.29) is 5.56 Å². The van der Waals surface area contributed by atoms with Gasteiger partial charge in [0.15, 0.2) is 0 Å². The molecule has 0 aromatic carbocycles. The van der Waals surface area contributed by atoms with Gasteiger partial charge in [0.25, 0.3) is 5.56 Å².